The first kappa shape index (κ1) is 16.8. The number of fused-ring (bicyclic) bond motifs is 1. The Hall–Kier alpha value is -2.60. The number of hydrogen-bond donors (Lipinski definition) is 1. The molecule has 4 rings (SSSR count). The summed E-state index contributed by atoms with van der Waals surface area (Å²) >= 11 is 1.82. The SMILES string of the molecule is O=C(N[C@@H]1CCSc2ccccc21)C1=NN(c2ccccc2)C(=O)CC1. The first-order valence-corrected chi connectivity index (χ1v) is 9.69. The monoisotopic (exact) mass is 365 g/mol. The molecule has 2 aromatic carbocycles. The third kappa shape index (κ3) is 3.37. The highest BCUT2D eigenvalue weighted by atomic mass is 32.2. The van der Waals surface area contributed by atoms with E-state index >= 15 is 0 Å². The average Bonchev–Trinajstić information content (AvgIpc) is 2.69. The highest BCUT2D eigenvalue weighted by molar-refractivity contribution is 7.99. The standard InChI is InChI=1S/C20H19N3O2S/c24-19-11-10-17(22-23(19)14-6-2-1-3-7-14)20(25)21-16-12-13-26-18-9-5-4-8-15(16)18/h1-9,16H,10-13H2,(H,21,25)/t16-/m1/s1. The fraction of sp³-hybridized carbons (Fsp3) is 0.250. The Morgan fingerprint density at radius 1 is 1.08 bits per heavy atom. The molecular weight excluding hydrogens is 346 g/mol. The van der Waals surface area contributed by atoms with E-state index in [9.17, 15) is 9.59 Å². The van der Waals surface area contributed by atoms with Crippen LogP contribution in [0, 0.1) is 0 Å². The molecule has 0 aromatic heterocycles. The summed E-state index contributed by atoms with van der Waals surface area (Å²) in [5.41, 5.74) is 2.25. The zero-order valence-electron chi connectivity index (χ0n) is 14.2. The molecule has 1 N–H and O–H groups in total. The van der Waals surface area contributed by atoms with E-state index in [2.05, 4.69) is 22.6 Å². The molecule has 2 heterocycles. The number of anilines is 1. The Morgan fingerprint density at radius 2 is 1.85 bits per heavy atom. The largest absolute Gasteiger partial charge is 0.344 e. The third-order valence-electron chi connectivity index (χ3n) is 4.56. The van der Waals surface area contributed by atoms with Gasteiger partial charge < -0.3 is 5.32 Å². The highest BCUT2D eigenvalue weighted by Crippen LogP contribution is 2.35. The lowest BCUT2D eigenvalue weighted by molar-refractivity contribution is -0.119. The van der Waals surface area contributed by atoms with Crippen molar-refractivity contribution in [3.05, 3.63) is 60.2 Å². The minimum Gasteiger partial charge on any atom is -0.344 e. The van der Waals surface area contributed by atoms with Crippen molar-refractivity contribution < 1.29 is 9.59 Å². The Kier molecular flexibility index (Phi) is 4.75. The van der Waals surface area contributed by atoms with Crippen LogP contribution in [0.1, 0.15) is 30.9 Å². The van der Waals surface area contributed by atoms with Gasteiger partial charge in [0.1, 0.15) is 5.71 Å². The molecule has 0 saturated heterocycles. The first-order chi connectivity index (χ1) is 12.7. The smallest absolute Gasteiger partial charge is 0.267 e. The van der Waals surface area contributed by atoms with Gasteiger partial charge in [-0.15, -0.1) is 11.8 Å². The van der Waals surface area contributed by atoms with Crippen LogP contribution in [0.4, 0.5) is 5.69 Å². The van der Waals surface area contributed by atoms with Gasteiger partial charge in [0, 0.05) is 23.5 Å². The van der Waals surface area contributed by atoms with Crippen molar-refractivity contribution in [2.24, 2.45) is 5.10 Å². The van der Waals surface area contributed by atoms with Crippen LogP contribution in [0.3, 0.4) is 0 Å². The number of carbonyl (C=O) groups excluding carboxylic acids is 2. The molecule has 0 unspecified atom stereocenters. The maximum absolute atomic E-state index is 12.8. The summed E-state index contributed by atoms with van der Waals surface area (Å²) in [6.07, 6.45) is 1.55. The molecule has 0 spiro atoms. The Morgan fingerprint density at radius 3 is 2.69 bits per heavy atom. The highest BCUT2D eigenvalue weighted by Gasteiger charge is 2.28. The minimum absolute atomic E-state index is 0.00884. The molecule has 0 saturated carbocycles. The van der Waals surface area contributed by atoms with Crippen molar-refractivity contribution in [3.63, 3.8) is 0 Å². The van der Waals surface area contributed by atoms with Crippen LogP contribution < -0.4 is 10.3 Å². The second-order valence-corrected chi connectivity index (χ2v) is 7.43. The normalized spacial score (nSPS) is 19.5. The van der Waals surface area contributed by atoms with E-state index in [1.54, 1.807) is 0 Å². The Labute approximate surface area is 156 Å². The topological polar surface area (TPSA) is 61.8 Å². The molecule has 0 fully saturated rings. The lowest BCUT2D eigenvalue weighted by Crippen LogP contribution is -2.41. The van der Waals surface area contributed by atoms with E-state index in [1.807, 2.05) is 54.2 Å². The third-order valence-corrected chi connectivity index (χ3v) is 5.68. The van der Waals surface area contributed by atoms with E-state index < -0.39 is 0 Å². The van der Waals surface area contributed by atoms with Crippen molar-refractivity contribution in [1.82, 2.24) is 5.32 Å². The summed E-state index contributed by atoms with van der Waals surface area (Å²) in [7, 11) is 0. The van der Waals surface area contributed by atoms with Crippen molar-refractivity contribution in [2.75, 3.05) is 10.8 Å². The summed E-state index contributed by atoms with van der Waals surface area (Å²) < 4.78 is 0. The second kappa shape index (κ2) is 7.33. The number of carbonyl (C=O) groups is 2. The van der Waals surface area contributed by atoms with Gasteiger partial charge in [0.15, 0.2) is 0 Å². The van der Waals surface area contributed by atoms with E-state index in [1.165, 1.54) is 9.90 Å². The van der Waals surface area contributed by atoms with E-state index in [4.69, 9.17) is 0 Å². The van der Waals surface area contributed by atoms with Gasteiger partial charge in [-0.1, -0.05) is 36.4 Å². The van der Waals surface area contributed by atoms with Gasteiger partial charge in [-0.2, -0.15) is 5.10 Å². The van der Waals surface area contributed by atoms with Gasteiger partial charge >= 0.3 is 0 Å². The van der Waals surface area contributed by atoms with Gasteiger partial charge in [-0.05, 0) is 30.2 Å². The number of rotatable bonds is 3. The van der Waals surface area contributed by atoms with Crippen LogP contribution >= 0.6 is 11.8 Å². The van der Waals surface area contributed by atoms with Crippen LogP contribution in [0.5, 0.6) is 0 Å². The molecule has 6 heteroatoms. The molecule has 0 aliphatic carbocycles. The Bertz CT molecular complexity index is 866. The summed E-state index contributed by atoms with van der Waals surface area (Å²) in [5.74, 6) is 0.695. The van der Waals surface area contributed by atoms with Crippen molar-refractivity contribution in [3.8, 4) is 0 Å². The molecule has 132 valence electrons. The number of thioether (sulfide) groups is 1. The van der Waals surface area contributed by atoms with Crippen LogP contribution in [0.15, 0.2) is 64.6 Å². The number of para-hydroxylation sites is 1. The fourth-order valence-electron chi connectivity index (χ4n) is 3.22. The fourth-order valence-corrected chi connectivity index (χ4v) is 4.35. The quantitative estimate of drug-likeness (QED) is 0.905. The van der Waals surface area contributed by atoms with Gasteiger partial charge in [-0.25, -0.2) is 5.01 Å². The van der Waals surface area contributed by atoms with Crippen LogP contribution in [-0.4, -0.2) is 23.3 Å². The zero-order valence-corrected chi connectivity index (χ0v) is 15.0. The van der Waals surface area contributed by atoms with Crippen LogP contribution in [0.2, 0.25) is 0 Å². The van der Waals surface area contributed by atoms with Crippen molar-refractivity contribution in [2.45, 2.75) is 30.2 Å². The molecule has 1 atom stereocenters. The summed E-state index contributed by atoms with van der Waals surface area (Å²) in [4.78, 5) is 26.2. The minimum atomic E-state index is -0.190. The molecular formula is C20H19N3O2S. The first-order valence-electron chi connectivity index (χ1n) is 8.70. The van der Waals surface area contributed by atoms with Crippen molar-refractivity contribution in [1.29, 1.82) is 0 Å². The maximum Gasteiger partial charge on any atom is 0.267 e. The number of nitrogens with zero attached hydrogens (tertiary/aromatic N) is 2. The predicted molar refractivity (Wildman–Crippen MR) is 103 cm³/mol. The van der Waals surface area contributed by atoms with E-state index in [0.717, 1.165) is 17.7 Å². The van der Waals surface area contributed by atoms with Gasteiger partial charge in [0.05, 0.1) is 11.7 Å². The number of hydrazone groups is 1. The molecule has 0 radical (unpaired) electrons. The number of hydrogen-bond acceptors (Lipinski definition) is 4. The number of benzene rings is 2. The predicted octanol–water partition coefficient (Wildman–Crippen LogP) is 3.52. The van der Waals surface area contributed by atoms with Gasteiger partial charge in [0.25, 0.3) is 5.91 Å². The van der Waals surface area contributed by atoms with Gasteiger partial charge in [0.2, 0.25) is 5.91 Å². The lowest BCUT2D eigenvalue weighted by Gasteiger charge is -2.27. The maximum atomic E-state index is 12.8. The summed E-state index contributed by atoms with van der Waals surface area (Å²) in [6, 6.07) is 17.4. The van der Waals surface area contributed by atoms with Crippen LogP contribution in [0.25, 0.3) is 0 Å². The Balaban J connectivity index is 1.54. The number of amides is 2. The molecule has 5 nitrogen and oxygen atoms in total. The van der Waals surface area contributed by atoms with E-state index in [0.29, 0.717) is 17.8 Å². The molecule has 2 aliphatic heterocycles. The van der Waals surface area contributed by atoms with E-state index in [-0.39, 0.29) is 24.3 Å². The summed E-state index contributed by atoms with van der Waals surface area (Å²) in [5, 5.41) is 8.78. The molecule has 2 aliphatic rings. The molecule has 26 heavy (non-hydrogen) atoms. The average molecular weight is 365 g/mol. The molecule has 0 bridgehead atoms. The van der Waals surface area contributed by atoms with Crippen molar-refractivity contribution >= 4 is 35.0 Å². The zero-order chi connectivity index (χ0) is 17.9. The number of nitrogens with one attached hydrogen (secondary N) is 1. The molecule has 2 aromatic rings. The molecule has 2 amide bonds. The lowest BCUT2D eigenvalue weighted by atomic mass is 10.0. The summed E-state index contributed by atoms with van der Waals surface area (Å²) in [6.45, 7) is 0. The van der Waals surface area contributed by atoms with Gasteiger partial charge in [-0.3, -0.25) is 9.59 Å². The second-order valence-electron chi connectivity index (χ2n) is 6.29. The van der Waals surface area contributed by atoms with Crippen LogP contribution in [-0.2, 0) is 9.59 Å².